The van der Waals surface area contributed by atoms with Crippen molar-refractivity contribution < 1.29 is 27.8 Å². The lowest BCUT2D eigenvalue weighted by molar-refractivity contribution is -0.137. The van der Waals surface area contributed by atoms with Crippen LogP contribution in [-0.4, -0.2) is 41.7 Å². The van der Waals surface area contributed by atoms with Gasteiger partial charge in [-0.15, -0.1) is 0 Å². The van der Waals surface area contributed by atoms with Crippen molar-refractivity contribution in [1.29, 1.82) is 0 Å². The summed E-state index contributed by atoms with van der Waals surface area (Å²) in [5.41, 5.74) is 0.0511. The fourth-order valence-corrected chi connectivity index (χ4v) is 3.11. The van der Waals surface area contributed by atoms with Crippen LogP contribution in [0.2, 0.25) is 0 Å². The van der Waals surface area contributed by atoms with Gasteiger partial charge in [-0.3, -0.25) is 4.79 Å². The van der Waals surface area contributed by atoms with E-state index in [0.717, 1.165) is 11.6 Å². The standard InChI is InChI=1S/C20H21F3N2O3/c21-20(22,23)17-3-1-2-4-18(17)24-15-9-10-25(11-15)19(27)13-28-16-7-5-14(12-26)6-8-16/h1-8,15,24,26H,9-13H2. The minimum Gasteiger partial charge on any atom is -0.484 e. The average molecular weight is 394 g/mol. The Kier molecular flexibility index (Phi) is 6.08. The van der Waals surface area contributed by atoms with E-state index in [4.69, 9.17) is 9.84 Å². The normalized spacial score (nSPS) is 16.9. The summed E-state index contributed by atoms with van der Waals surface area (Å²) in [5, 5.41) is 11.9. The molecule has 0 radical (unpaired) electrons. The van der Waals surface area contributed by atoms with Crippen molar-refractivity contribution >= 4 is 11.6 Å². The van der Waals surface area contributed by atoms with E-state index in [9.17, 15) is 18.0 Å². The Hall–Kier alpha value is -2.74. The van der Waals surface area contributed by atoms with E-state index in [1.807, 2.05) is 0 Å². The van der Waals surface area contributed by atoms with E-state index in [-0.39, 0.29) is 30.9 Å². The number of aliphatic hydroxyl groups excluding tert-OH is 1. The number of likely N-dealkylation sites (tertiary alicyclic amines) is 1. The SMILES string of the molecule is O=C(COc1ccc(CO)cc1)N1CCC(Nc2ccccc2C(F)(F)F)C1. The molecule has 2 aromatic rings. The first-order valence-corrected chi connectivity index (χ1v) is 8.90. The number of ether oxygens (including phenoxy) is 1. The molecule has 0 saturated carbocycles. The van der Waals surface area contributed by atoms with Gasteiger partial charge in [0.15, 0.2) is 6.61 Å². The van der Waals surface area contributed by atoms with Crippen LogP contribution in [0.4, 0.5) is 18.9 Å². The first kappa shape index (κ1) is 20.0. The second kappa shape index (κ2) is 8.52. The lowest BCUT2D eigenvalue weighted by Crippen LogP contribution is -2.35. The molecule has 8 heteroatoms. The summed E-state index contributed by atoms with van der Waals surface area (Å²) in [4.78, 5) is 13.9. The smallest absolute Gasteiger partial charge is 0.418 e. The lowest BCUT2D eigenvalue weighted by Gasteiger charge is -2.20. The van der Waals surface area contributed by atoms with Crippen molar-refractivity contribution in [2.24, 2.45) is 0 Å². The predicted molar refractivity (Wildman–Crippen MR) is 97.9 cm³/mol. The Morgan fingerprint density at radius 1 is 1.18 bits per heavy atom. The summed E-state index contributed by atoms with van der Waals surface area (Å²) in [5.74, 6) is 0.290. The zero-order valence-corrected chi connectivity index (χ0v) is 15.1. The number of para-hydroxylation sites is 1. The maximum atomic E-state index is 13.1. The Balaban J connectivity index is 1.53. The number of hydrogen-bond donors (Lipinski definition) is 2. The molecule has 1 heterocycles. The highest BCUT2D eigenvalue weighted by Crippen LogP contribution is 2.35. The van der Waals surface area contributed by atoms with Crippen LogP contribution >= 0.6 is 0 Å². The third-order valence-corrected chi connectivity index (χ3v) is 4.60. The van der Waals surface area contributed by atoms with Crippen molar-refractivity contribution in [3.63, 3.8) is 0 Å². The van der Waals surface area contributed by atoms with Gasteiger partial charge in [0.25, 0.3) is 5.91 Å². The van der Waals surface area contributed by atoms with Crippen molar-refractivity contribution in [2.75, 3.05) is 25.0 Å². The summed E-state index contributed by atoms with van der Waals surface area (Å²) < 4.78 is 44.8. The average Bonchev–Trinajstić information content (AvgIpc) is 3.14. The summed E-state index contributed by atoms with van der Waals surface area (Å²) in [6.07, 6.45) is -3.87. The van der Waals surface area contributed by atoms with Crippen molar-refractivity contribution in [2.45, 2.75) is 25.2 Å². The molecule has 150 valence electrons. The van der Waals surface area contributed by atoms with E-state index < -0.39 is 11.7 Å². The molecule has 1 saturated heterocycles. The van der Waals surface area contributed by atoms with Crippen LogP contribution in [0.15, 0.2) is 48.5 Å². The fourth-order valence-electron chi connectivity index (χ4n) is 3.11. The molecule has 28 heavy (non-hydrogen) atoms. The molecule has 1 fully saturated rings. The highest BCUT2D eigenvalue weighted by molar-refractivity contribution is 5.78. The van der Waals surface area contributed by atoms with E-state index >= 15 is 0 Å². The molecule has 5 nitrogen and oxygen atoms in total. The first-order valence-electron chi connectivity index (χ1n) is 8.90. The van der Waals surface area contributed by atoms with Crippen LogP contribution in [0.1, 0.15) is 17.5 Å². The molecule has 3 rings (SSSR count). The van der Waals surface area contributed by atoms with Gasteiger partial charge in [-0.1, -0.05) is 24.3 Å². The van der Waals surface area contributed by atoms with Crippen LogP contribution in [-0.2, 0) is 17.6 Å². The summed E-state index contributed by atoms with van der Waals surface area (Å²) in [6, 6.07) is 11.8. The van der Waals surface area contributed by atoms with E-state index in [0.29, 0.717) is 25.3 Å². The Labute approximate surface area is 160 Å². The zero-order valence-electron chi connectivity index (χ0n) is 15.1. The summed E-state index contributed by atoms with van der Waals surface area (Å²) in [6.45, 7) is 0.554. The molecular weight excluding hydrogens is 373 g/mol. The van der Waals surface area contributed by atoms with Gasteiger partial charge in [-0.2, -0.15) is 13.2 Å². The molecule has 0 aromatic heterocycles. The van der Waals surface area contributed by atoms with Gasteiger partial charge in [0.1, 0.15) is 5.75 Å². The van der Waals surface area contributed by atoms with Crippen molar-refractivity contribution in [3.05, 3.63) is 59.7 Å². The van der Waals surface area contributed by atoms with Gasteiger partial charge in [-0.25, -0.2) is 0 Å². The van der Waals surface area contributed by atoms with Crippen LogP contribution in [0.3, 0.4) is 0 Å². The summed E-state index contributed by atoms with van der Waals surface area (Å²) >= 11 is 0. The zero-order chi connectivity index (χ0) is 20.1. The third-order valence-electron chi connectivity index (χ3n) is 4.60. The van der Waals surface area contributed by atoms with Crippen molar-refractivity contribution in [3.8, 4) is 5.75 Å². The minimum absolute atomic E-state index is 0.0227. The molecule has 0 bridgehead atoms. The Bertz CT molecular complexity index is 809. The van der Waals surface area contributed by atoms with Crippen LogP contribution in [0.25, 0.3) is 0 Å². The number of nitrogens with zero attached hydrogens (tertiary/aromatic N) is 1. The van der Waals surface area contributed by atoms with Crippen LogP contribution < -0.4 is 10.1 Å². The topological polar surface area (TPSA) is 61.8 Å². The van der Waals surface area contributed by atoms with E-state index in [1.54, 1.807) is 35.2 Å². The van der Waals surface area contributed by atoms with Gasteiger partial charge in [0.05, 0.1) is 12.2 Å². The van der Waals surface area contributed by atoms with Crippen LogP contribution in [0, 0.1) is 0 Å². The lowest BCUT2D eigenvalue weighted by atomic mass is 10.1. The van der Waals surface area contributed by atoms with Gasteiger partial charge >= 0.3 is 6.18 Å². The largest absolute Gasteiger partial charge is 0.484 e. The molecule has 1 aliphatic rings. The molecule has 0 aliphatic carbocycles. The Morgan fingerprint density at radius 2 is 1.89 bits per heavy atom. The molecule has 2 N–H and O–H groups in total. The molecule has 1 amide bonds. The third kappa shape index (κ3) is 4.95. The van der Waals surface area contributed by atoms with Gasteiger partial charge in [-0.05, 0) is 36.2 Å². The maximum Gasteiger partial charge on any atom is 0.418 e. The second-order valence-corrected chi connectivity index (χ2v) is 6.60. The number of hydrogen-bond acceptors (Lipinski definition) is 4. The highest BCUT2D eigenvalue weighted by atomic mass is 19.4. The maximum absolute atomic E-state index is 13.1. The Morgan fingerprint density at radius 3 is 2.57 bits per heavy atom. The predicted octanol–water partition coefficient (Wildman–Crippen LogP) is 3.29. The second-order valence-electron chi connectivity index (χ2n) is 6.60. The minimum atomic E-state index is -4.43. The number of amides is 1. The quantitative estimate of drug-likeness (QED) is 0.789. The molecule has 1 atom stereocenters. The van der Waals surface area contributed by atoms with E-state index in [1.165, 1.54) is 12.1 Å². The highest BCUT2D eigenvalue weighted by Gasteiger charge is 2.34. The number of carbonyl (C=O) groups is 1. The van der Waals surface area contributed by atoms with Gasteiger partial charge in [0.2, 0.25) is 0 Å². The van der Waals surface area contributed by atoms with Gasteiger partial charge < -0.3 is 20.1 Å². The number of nitrogens with one attached hydrogen (secondary N) is 1. The van der Waals surface area contributed by atoms with Crippen molar-refractivity contribution in [1.82, 2.24) is 4.90 Å². The molecular formula is C20H21F3N2O3. The molecule has 1 aliphatic heterocycles. The fraction of sp³-hybridized carbons (Fsp3) is 0.350. The molecule has 2 aromatic carbocycles. The summed E-state index contributed by atoms with van der Waals surface area (Å²) in [7, 11) is 0. The number of alkyl halides is 3. The number of anilines is 1. The monoisotopic (exact) mass is 394 g/mol. The number of rotatable bonds is 6. The van der Waals surface area contributed by atoms with E-state index in [2.05, 4.69) is 5.32 Å². The number of benzene rings is 2. The number of carbonyl (C=O) groups excluding carboxylic acids is 1. The molecule has 1 unspecified atom stereocenters. The molecule has 0 spiro atoms. The van der Waals surface area contributed by atoms with Gasteiger partial charge in [0, 0.05) is 24.8 Å². The number of aliphatic hydroxyl groups is 1. The number of halogens is 3. The first-order chi connectivity index (χ1) is 13.4. The van der Waals surface area contributed by atoms with Crippen LogP contribution in [0.5, 0.6) is 5.75 Å².